The molecule has 1 aliphatic carbocycles. The number of nitrogens with one attached hydrogen (secondary N) is 1. The zero-order valence-corrected chi connectivity index (χ0v) is 17.0. The van der Waals surface area contributed by atoms with E-state index in [1.165, 1.54) is 18.4 Å². The fourth-order valence-electron chi connectivity index (χ4n) is 3.58. The van der Waals surface area contributed by atoms with Gasteiger partial charge in [-0.3, -0.25) is 9.59 Å². The van der Waals surface area contributed by atoms with Crippen molar-refractivity contribution >= 4 is 39.0 Å². The Kier molecular flexibility index (Phi) is 5.33. The molecule has 0 fully saturated rings. The van der Waals surface area contributed by atoms with Crippen molar-refractivity contribution in [3.63, 3.8) is 0 Å². The number of hydrogen-bond acceptors (Lipinski definition) is 7. The van der Waals surface area contributed by atoms with Gasteiger partial charge in [-0.05, 0) is 37.3 Å². The molecule has 8 nitrogen and oxygen atoms in total. The van der Waals surface area contributed by atoms with E-state index in [2.05, 4.69) is 16.5 Å². The predicted octanol–water partition coefficient (Wildman–Crippen LogP) is 2.54. The Morgan fingerprint density at radius 1 is 1.27 bits per heavy atom. The molecule has 2 aromatic heterocycles. The number of amides is 1. The smallest absolute Gasteiger partial charge is 0.359 e. The summed E-state index contributed by atoms with van der Waals surface area (Å²) >= 11 is 1.41. The summed E-state index contributed by atoms with van der Waals surface area (Å²) in [7, 11) is 1.44. The third kappa shape index (κ3) is 3.57. The number of thiophene rings is 1. The van der Waals surface area contributed by atoms with E-state index >= 15 is 0 Å². The van der Waals surface area contributed by atoms with E-state index in [1.54, 1.807) is 24.3 Å². The highest BCUT2D eigenvalue weighted by molar-refractivity contribution is 7.16. The maximum atomic E-state index is 12.5. The lowest BCUT2D eigenvalue weighted by Crippen LogP contribution is -2.26. The molecule has 1 aromatic carbocycles. The number of carbonyl (C=O) groups excluding carboxylic acids is 2. The fourth-order valence-corrected chi connectivity index (χ4v) is 4.84. The van der Waals surface area contributed by atoms with Crippen molar-refractivity contribution in [3.05, 3.63) is 56.3 Å². The van der Waals surface area contributed by atoms with Gasteiger partial charge >= 0.3 is 5.97 Å². The lowest BCUT2D eigenvalue weighted by atomic mass is 9.96. The van der Waals surface area contributed by atoms with E-state index in [4.69, 9.17) is 4.74 Å². The largest absolute Gasteiger partial charge is 0.451 e. The minimum atomic E-state index is -0.803. The number of nitrogens with zero attached hydrogens (tertiary/aromatic N) is 3. The van der Waals surface area contributed by atoms with Crippen LogP contribution in [0.2, 0.25) is 0 Å². The third-order valence-corrected chi connectivity index (χ3v) is 6.23. The van der Waals surface area contributed by atoms with Gasteiger partial charge in [0.05, 0.1) is 10.9 Å². The lowest BCUT2D eigenvalue weighted by Gasteiger charge is -2.09. The number of ether oxygens (including phenoxy) is 1. The topological polar surface area (TPSA) is 114 Å². The minimum Gasteiger partial charge on any atom is -0.451 e. The summed E-state index contributed by atoms with van der Waals surface area (Å²) in [5.41, 5.74) is 1.15. The van der Waals surface area contributed by atoms with E-state index in [1.807, 2.05) is 0 Å². The number of aryl methyl sites for hydroxylation is 2. The third-order valence-electron chi connectivity index (χ3n) is 5.02. The Balaban J connectivity index is 1.49. The van der Waals surface area contributed by atoms with Gasteiger partial charge in [-0.1, -0.05) is 18.2 Å². The molecule has 2 heterocycles. The number of benzene rings is 1. The molecule has 0 atom stereocenters. The average Bonchev–Trinajstić information content (AvgIpc) is 3.11. The Morgan fingerprint density at radius 2 is 2.00 bits per heavy atom. The molecular formula is C21H18N4O4S. The molecule has 0 radical (unpaired) electrons. The van der Waals surface area contributed by atoms with Gasteiger partial charge in [0.2, 0.25) is 0 Å². The summed E-state index contributed by atoms with van der Waals surface area (Å²) in [4.78, 5) is 38.2. The molecule has 0 bridgehead atoms. The summed E-state index contributed by atoms with van der Waals surface area (Å²) in [6.07, 6.45) is 3.85. The van der Waals surface area contributed by atoms with Crippen molar-refractivity contribution in [1.82, 2.24) is 9.78 Å². The van der Waals surface area contributed by atoms with Crippen molar-refractivity contribution in [2.75, 3.05) is 11.9 Å². The van der Waals surface area contributed by atoms with Crippen LogP contribution < -0.4 is 10.9 Å². The van der Waals surface area contributed by atoms with E-state index in [-0.39, 0.29) is 11.3 Å². The number of nitriles is 1. The SMILES string of the molecule is Cn1nc(C(=O)OCC(=O)Nc2sc3c(c2C#N)CCCC3)c2ccccc2c1=O. The second kappa shape index (κ2) is 8.08. The van der Waals surface area contributed by atoms with Crippen LogP contribution in [0.4, 0.5) is 5.00 Å². The quantitative estimate of drug-likeness (QED) is 0.646. The maximum absolute atomic E-state index is 12.5. The molecule has 0 saturated heterocycles. The van der Waals surface area contributed by atoms with Gasteiger partial charge in [-0.2, -0.15) is 10.4 Å². The average molecular weight is 422 g/mol. The molecule has 1 N–H and O–H groups in total. The molecule has 1 aliphatic rings. The first-order valence-corrected chi connectivity index (χ1v) is 10.3. The Bertz CT molecular complexity index is 1270. The highest BCUT2D eigenvalue weighted by Crippen LogP contribution is 2.37. The van der Waals surface area contributed by atoms with E-state index in [0.717, 1.165) is 40.8 Å². The fraction of sp³-hybridized carbons (Fsp3) is 0.286. The number of aromatic nitrogens is 2. The van der Waals surface area contributed by atoms with Crippen LogP contribution in [0, 0.1) is 11.3 Å². The normalized spacial score (nSPS) is 12.8. The van der Waals surface area contributed by atoms with Gasteiger partial charge in [0.25, 0.3) is 11.5 Å². The number of carbonyl (C=O) groups is 2. The van der Waals surface area contributed by atoms with Crippen LogP contribution in [0.3, 0.4) is 0 Å². The molecule has 1 amide bonds. The van der Waals surface area contributed by atoms with Crippen LogP contribution in [0.1, 0.15) is 39.3 Å². The second-order valence-corrected chi connectivity index (χ2v) is 8.08. The lowest BCUT2D eigenvalue weighted by molar-refractivity contribution is -0.119. The van der Waals surface area contributed by atoms with Crippen molar-refractivity contribution in [3.8, 4) is 6.07 Å². The van der Waals surface area contributed by atoms with Crippen LogP contribution in [0.15, 0.2) is 29.1 Å². The number of rotatable bonds is 4. The zero-order valence-electron chi connectivity index (χ0n) is 16.2. The molecule has 30 heavy (non-hydrogen) atoms. The van der Waals surface area contributed by atoms with Crippen LogP contribution in [0.25, 0.3) is 10.8 Å². The molecule has 152 valence electrons. The Labute approximate surface area is 175 Å². The van der Waals surface area contributed by atoms with Crippen LogP contribution >= 0.6 is 11.3 Å². The minimum absolute atomic E-state index is 0.0372. The van der Waals surface area contributed by atoms with Crippen LogP contribution in [-0.2, 0) is 29.4 Å². The standard InChI is InChI=1S/C21H18N4O4S/c1-25-20(27)14-8-3-2-7-13(14)18(24-25)21(28)29-11-17(26)23-19-15(10-22)12-6-4-5-9-16(12)30-19/h2-3,7-8H,4-6,9,11H2,1H3,(H,23,26). The number of fused-ring (bicyclic) bond motifs is 2. The molecule has 0 saturated carbocycles. The van der Waals surface area contributed by atoms with Gasteiger partial charge in [0, 0.05) is 17.3 Å². The molecule has 0 unspecified atom stereocenters. The highest BCUT2D eigenvalue weighted by atomic mass is 32.1. The molecule has 0 spiro atoms. The van der Waals surface area contributed by atoms with Crippen molar-refractivity contribution in [2.45, 2.75) is 25.7 Å². The molecular weight excluding hydrogens is 404 g/mol. The monoisotopic (exact) mass is 422 g/mol. The number of anilines is 1. The van der Waals surface area contributed by atoms with Crippen molar-refractivity contribution < 1.29 is 14.3 Å². The molecule has 4 rings (SSSR count). The molecule has 0 aliphatic heterocycles. The van der Waals surface area contributed by atoms with E-state index in [0.29, 0.717) is 21.3 Å². The molecule has 9 heteroatoms. The predicted molar refractivity (Wildman–Crippen MR) is 112 cm³/mol. The summed E-state index contributed by atoms with van der Waals surface area (Å²) in [6.45, 7) is -0.523. The zero-order chi connectivity index (χ0) is 21.3. The van der Waals surface area contributed by atoms with Gasteiger partial charge in [0.1, 0.15) is 11.1 Å². The first kappa shape index (κ1) is 19.8. The van der Waals surface area contributed by atoms with E-state index in [9.17, 15) is 19.6 Å². The summed E-state index contributed by atoms with van der Waals surface area (Å²) in [6, 6.07) is 8.77. The van der Waals surface area contributed by atoms with Crippen LogP contribution in [0.5, 0.6) is 0 Å². The van der Waals surface area contributed by atoms with Gasteiger partial charge in [-0.25, -0.2) is 9.48 Å². The van der Waals surface area contributed by atoms with E-state index < -0.39 is 18.5 Å². The maximum Gasteiger partial charge on any atom is 0.359 e. The van der Waals surface area contributed by atoms with Crippen molar-refractivity contribution in [2.24, 2.45) is 7.05 Å². The first-order valence-electron chi connectivity index (χ1n) is 9.47. The summed E-state index contributed by atoms with van der Waals surface area (Å²) in [5.74, 6) is -1.34. The highest BCUT2D eigenvalue weighted by Gasteiger charge is 2.23. The number of esters is 1. The van der Waals surface area contributed by atoms with Gasteiger partial charge < -0.3 is 10.1 Å². The Morgan fingerprint density at radius 3 is 2.77 bits per heavy atom. The first-order chi connectivity index (χ1) is 14.5. The van der Waals surface area contributed by atoms with Gasteiger partial charge in [-0.15, -0.1) is 11.3 Å². The second-order valence-electron chi connectivity index (χ2n) is 6.97. The number of hydrogen-bond donors (Lipinski definition) is 1. The Hall–Kier alpha value is -3.51. The van der Waals surface area contributed by atoms with Gasteiger partial charge in [0.15, 0.2) is 12.3 Å². The summed E-state index contributed by atoms with van der Waals surface area (Å²) < 4.78 is 6.20. The van der Waals surface area contributed by atoms with Crippen LogP contribution in [-0.4, -0.2) is 28.3 Å². The van der Waals surface area contributed by atoms with Crippen molar-refractivity contribution in [1.29, 1.82) is 5.26 Å². The summed E-state index contributed by atoms with van der Waals surface area (Å²) in [5, 5.41) is 17.4. The molecule has 3 aromatic rings.